The monoisotopic (exact) mass is 581 g/mol. The lowest BCUT2D eigenvalue weighted by atomic mass is 9.93. The zero-order chi connectivity index (χ0) is 29.1. The third-order valence-corrected chi connectivity index (χ3v) is 10.1. The van der Waals surface area contributed by atoms with Gasteiger partial charge in [0.25, 0.3) is 5.92 Å². The number of carbonyl (C=O) groups is 2. The number of hydrogen-bond donors (Lipinski definition) is 1. The van der Waals surface area contributed by atoms with Gasteiger partial charge in [0, 0.05) is 37.4 Å². The summed E-state index contributed by atoms with van der Waals surface area (Å²) in [4.78, 5) is 28.2. The molecule has 1 aliphatic carbocycles. The summed E-state index contributed by atoms with van der Waals surface area (Å²) in [6.45, 7) is 6.43. The Labute approximate surface area is 223 Å². The van der Waals surface area contributed by atoms with Gasteiger partial charge in [-0.05, 0) is 51.8 Å². The first-order chi connectivity index (χ1) is 17.8. The van der Waals surface area contributed by atoms with Gasteiger partial charge in [-0.25, -0.2) is 17.2 Å². The number of carboxylic acid groups (broad SMARTS) is 1. The highest BCUT2D eigenvalue weighted by Gasteiger charge is 2.54. The molecule has 8 nitrogen and oxygen atoms in total. The summed E-state index contributed by atoms with van der Waals surface area (Å²) >= 11 is 0. The van der Waals surface area contributed by atoms with Crippen molar-refractivity contribution in [1.29, 1.82) is 0 Å². The number of piperazine rings is 1. The molecule has 2 heterocycles. The summed E-state index contributed by atoms with van der Waals surface area (Å²) in [6.07, 6.45) is -6.17. The van der Waals surface area contributed by atoms with Crippen molar-refractivity contribution in [3.05, 3.63) is 23.8 Å². The van der Waals surface area contributed by atoms with E-state index in [9.17, 15) is 45.1 Å². The van der Waals surface area contributed by atoms with Gasteiger partial charge in [0.05, 0.1) is 40.6 Å². The van der Waals surface area contributed by atoms with Crippen LogP contribution in [-0.2, 0) is 25.6 Å². The molecular weight excluding hydrogens is 549 g/mol. The first-order valence-corrected chi connectivity index (χ1v) is 14.2. The third-order valence-electron chi connectivity index (χ3n) is 7.92. The molecular formula is C25H32F5N3O5S. The van der Waals surface area contributed by atoms with Crippen LogP contribution >= 0.6 is 0 Å². The number of nitrogens with zero attached hydrogens (tertiary/aromatic N) is 3. The summed E-state index contributed by atoms with van der Waals surface area (Å²) in [7, 11) is -4.73. The number of carboxylic acids is 1. The quantitative estimate of drug-likeness (QED) is 0.533. The largest absolute Gasteiger partial charge is 0.481 e. The van der Waals surface area contributed by atoms with E-state index in [1.807, 2.05) is 20.8 Å². The first kappa shape index (κ1) is 29.5. The Kier molecular flexibility index (Phi) is 7.46. The van der Waals surface area contributed by atoms with Crippen LogP contribution < -0.4 is 4.90 Å². The van der Waals surface area contributed by atoms with Gasteiger partial charge in [-0.2, -0.15) is 13.2 Å². The predicted octanol–water partition coefficient (Wildman–Crippen LogP) is 3.36. The van der Waals surface area contributed by atoms with Crippen LogP contribution in [0.1, 0.15) is 39.2 Å². The predicted molar refractivity (Wildman–Crippen MR) is 131 cm³/mol. The van der Waals surface area contributed by atoms with Gasteiger partial charge < -0.3 is 14.9 Å². The van der Waals surface area contributed by atoms with Crippen molar-refractivity contribution in [2.75, 3.05) is 44.2 Å². The summed E-state index contributed by atoms with van der Waals surface area (Å²) in [6, 6.07) is 3.00. The third kappa shape index (κ3) is 5.86. The van der Waals surface area contributed by atoms with Crippen LogP contribution in [0, 0.1) is 11.8 Å². The maximum Gasteiger partial charge on any atom is 0.417 e. The molecule has 2 saturated heterocycles. The minimum Gasteiger partial charge on any atom is -0.481 e. The van der Waals surface area contributed by atoms with Gasteiger partial charge >= 0.3 is 12.1 Å². The molecule has 1 aromatic carbocycles. The van der Waals surface area contributed by atoms with Crippen molar-refractivity contribution < 1.29 is 45.1 Å². The van der Waals surface area contributed by atoms with E-state index < -0.39 is 87.3 Å². The zero-order valence-electron chi connectivity index (χ0n) is 21.8. The Morgan fingerprint density at radius 2 is 1.54 bits per heavy atom. The number of amides is 1. The Hall–Kier alpha value is -2.48. The highest BCUT2D eigenvalue weighted by Crippen LogP contribution is 2.44. The van der Waals surface area contributed by atoms with Crippen LogP contribution in [0.5, 0.6) is 0 Å². The van der Waals surface area contributed by atoms with Crippen LogP contribution in [0.15, 0.2) is 23.1 Å². The lowest BCUT2D eigenvalue weighted by Crippen LogP contribution is -2.60. The van der Waals surface area contributed by atoms with Crippen LogP contribution in [-0.4, -0.2) is 91.2 Å². The smallest absolute Gasteiger partial charge is 0.417 e. The van der Waals surface area contributed by atoms with Crippen molar-refractivity contribution in [3.8, 4) is 0 Å². The normalized spacial score (nSPS) is 26.4. The van der Waals surface area contributed by atoms with Crippen LogP contribution in [0.25, 0.3) is 0 Å². The van der Waals surface area contributed by atoms with Crippen molar-refractivity contribution in [1.82, 2.24) is 9.80 Å². The number of rotatable bonds is 5. The molecule has 0 radical (unpaired) electrons. The Morgan fingerprint density at radius 1 is 0.974 bits per heavy atom. The fourth-order valence-corrected chi connectivity index (χ4v) is 7.71. The number of anilines is 1. The van der Waals surface area contributed by atoms with Crippen LogP contribution in [0.3, 0.4) is 0 Å². The van der Waals surface area contributed by atoms with Gasteiger partial charge in [-0.1, -0.05) is 0 Å². The molecule has 3 aliphatic rings. The maximum absolute atomic E-state index is 14.2. The molecule has 0 unspecified atom stereocenters. The number of carbonyl (C=O) groups excluding carboxylic acids is 1. The molecule has 218 valence electrons. The molecule has 1 N–H and O–H groups in total. The van der Waals surface area contributed by atoms with Gasteiger partial charge in [0.1, 0.15) is 0 Å². The van der Waals surface area contributed by atoms with Crippen molar-refractivity contribution >= 4 is 27.4 Å². The molecule has 2 aliphatic heterocycles. The number of hydrogen-bond acceptors (Lipinski definition) is 6. The van der Waals surface area contributed by atoms with Crippen molar-refractivity contribution in [2.45, 2.75) is 61.4 Å². The van der Waals surface area contributed by atoms with Gasteiger partial charge in [-0.3, -0.25) is 14.5 Å². The number of aliphatic carboxylic acids is 1. The molecule has 1 saturated carbocycles. The van der Waals surface area contributed by atoms with Gasteiger partial charge in [0.2, 0.25) is 5.91 Å². The second-order valence-corrected chi connectivity index (χ2v) is 13.8. The van der Waals surface area contributed by atoms with Crippen LogP contribution in [0.4, 0.5) is 27.6 Å². The fraction of sp³-hybridized carbons (Fsp3) is 0.680. The SMILES string of the molecule is CC(C)(C)N1CCN(c2ccc(S(=O)(=O)[C@H]3C[C@@H](C(=O)O)[C@H](C(=O)N4CC(F)(F)C4)C3)c(C(F)(F)F)c2)CC1. The summed E-state index contributed by atoms with van der Waals surface area (Å²) < 4.78 is 95.9. The fourth-order valence-electron chi connectivity index (χ4n) is 5.69. The molecule has 3 atom stereocenters. The van der Waals surface area contributed by atoms with E-state index in [0.29, 0.717) is 26.2 Å². The topological polar surface area (TPSA) is 98.2 Å². The molecule has 3 fully saturated rings. The number of sulfone groups is 1. The molecule has 4 rings (SSSR count). The van der Waals surface area contributed by atoms with Crippen molar-refractivity contribution in [2.24, 2.45) is 11.8 Å². The second-order valence-electron chi connectivity index (χ2n) is 11.6. The lowest BCUT2D eigenvalue weighted by Gasteiger charge is -2.43. The maximum atomic E-state index is 14.2. The number of halogens is 5. The average molecular weight is 582 g/mol. The summed E-state index contributed by atoms with van der Waals surface area (Å²) in [5.41, 5.74) is -1.25. The average Bonchev–Trinajstić information content (AvgIpc) is 3.27. The van der Waals surface area contributed by atoms with Crippen LogP contribution in [0.2, 0.25) is 0 Å². The van der Waals surface area contributed by atoms with E-state index >= 15 is 0 Å². The van der Waals surface area contributed by atoms with E-state index in [-0.39, 0.29) is 11.2 Å². The van der Waals surface area contributed by atoms with Gasteiger partial charge in [-0.15, -0.1) is 0 Å². The summed E-state index contributed by atoms with van der Waals surface area (Å²) in [5.74, 6) is -8.47. The minimum atomic E-state index is -5.02. The highest BCUT2D eigenvalue weighted by molar-refractivity contribution is 7.92. The number of alkyl halides is 5. The Balaban J connectivity index is 1.60. The molecule has 39 heavy (non-hydrogen) atoms. The Bertz CT molecular complexity index is 1230. The molecule has 0 spiro atoms. The molecule has 1 amide bonds. The lowest BCUT2D eigenvalue weighted by molar-refractivity contribution is -0.172. The second kappa shape index (κ2) is 9.86. The van der Waals surface area contributed by atoms with E-state index in [1.165, 1.54) is 6.07 Å². The van der Waals surface area contributed by atoms with E-state index in [0.717, 1.165) is 17.0 Å². The Morgan fingerprint density at radius 3 is 2.03 bits per heavy atom. The van der Waals surface area contributed by atoms with E-state index in [1.54, 1.807) is 4.90 Å². The molecule has 0 bridgehead atoms. The van der Waals surface area contributed by atoms with Crippen molar-refractivity contribution in [3.63, 3.8) is 0 Å². The molecule has 0 aromatic heterocycles. The number of likely N-dealkylation sites (tertiary alicyclic amines) is 1. The minimum absolute atomic E-state index is 0.105. The number of benzene rings is 1. The summed E-state index contributed by atoms with van der Waals surface area (Å²) in [5, 5.41) is 8.01. The molecule has 1 aromatic rings. The highest BCUT2D eigenvalue weighted by atomic mass is 32.2. The first-order valence-electron chi connectivity index (χ1n) is 12.7. The molecule has 14 heteroatoms. The van der Waals surface area contributed by atoms with E-state index in [2.05, 4.69) is 4.90 Å². The zero-order valence-corrected chi connectivity index (χ0v) is 22.7. The standard InChI is InChI=1S/C25H32F5N3O5S/c1-23(2,3)33-8-6-31(7-9-33)15-4-5-20(19(10-15)25(28,29)30)39(37,38)16-11-17(18(12-16)22(35)36)21(34)32-13-24(26,27)14-32/h4-5,10,16-18H,6-9,11-14H2,1-3H3,(H,35,36)/t16-,17-,18-/m1/s1. The van der Waals surface area contributed by atoms with E-state index in [4.69, 9.17) is 0 Å². The van der Waals surface area contributed by atoms with Gasteiger partial charge in [0.15, 0.2) is 9.84 Å².